The van der Waals surface area contributed by atoms with Crippen LogP contribution in [0.1, 0.15) is 56.4 Å². The third-order valence-electron chi connectivity index (χ3n) is 5.25. The molecule has 116 valence electrons. The van der Waals surface area contributed by atoms with E-state index in [0.29, 0.717) is 0 Å². The Kier molecular flexibility index (Phi) is 3.25. The van der Waals surface area contributed by atoms with E-state index in [4.69, 9.17) is 0 Å². The van der Waals surface area contributed by atoms with Crippen molar-refractivity contribution in [2.24, 2.45) is 7.05 Å². The van der Waals surface area contributed by atoms with Crippen LogP contribution in [0.25, 0.3) is 11.3 Å². The zero-order valence-corrected chi connectivity index (χ0v) is 15.0. The summed E-state index contributed by atoms with van der Waals surface area (Å²) in [6.07, 6.45) is 3.44. The van der Waals surface area contributed by atoms with Crippen LogP contribution in [0.5, 0.6) is 0 Å². The predicted molar refractivity (Wildman–Crippen MR) is 93.2 cm³/mol. The van der Waals surface area contributed by atoms with Crippen LogP contribution in [0.4, 0.5) is 0 Å². The van der Waals surface area contributed by atoms with Crippen molar-refractivity contribution < 1.29 is 4.57 Å². The second-order valence-electron chi connectivity index (χ2n) is 8.33. The molecular formula is C21H28N+. The Hall–Kier alpha value is -1.63. The summed E-state index contributed by atoms with van der Waals surface area (Å²) in [5.74, 6) is 0. The van der Waals surface area contributed by atoms with Crippen LogP contribution in [0.2, 0.25) is 0 Å². The Morgan fingerprint density at radius 1 is 0.955 bits per heavy atom. The molecular weight excluding hydrogens is 266 g/mol. The van der Waals surface area contributed by atoms with E-state index in [0.717, 1.165) is 0 Å². The van der Waals surface area contributed by atoms with Crippen molar-refractivity contribution in [2.75, 3.05) is 0 Å². The number of nitrogens with zero attached hydrogens (tertiary/aromatic N) is 1. The SMILES string of the molecule is Cc1ccc(-c2c3c(cc[n+]2C)C(C)(C)CC3(C)C)c(C)c1. The summed E-state index contributed by atoms with van der Waals surface area (Å²) in [6.45, 7) is 14.0. The fourth-order valence-corrected chi connectivity index (χ4v) is 4.59. The van der Waals surface area contributed by atoms with E-state index in [9.17, 15) is 0 Å². The molecule has 0 unspecified atom stereocenters. The highest BCUT2D eigenvalue weighted by Gasteiger charge is 2.46. The van der Waals surface area contributed by atoms with Gasteiger partial charge >= 0.3 is 0 Å². The molecule has 0 bridgehead atoms. The molecule has 0 N–H and O–H groups in total. The molecule has 1 heterocycles. The van der Waals surface area contributed by atoms with Crippen LogP contribution < -0.4 is 4.57 Å². The van der Waals surface area contributed by atoms with Crippen LogP contribution in [0, 0.1) is 13.8 Å². The monoisotopic (exact) mass is 294 g/mol. The number of aromatic nitrogens is 1. The van der Waals surface area contributed by atoms with E-state index in [1.165, 1.54) is 39.9 Å². The van der Waals surface area contributed by atoms with Gasteiger partial charge in [-0.05, 0) is 48.3 Å². The molecule has 0 fully saturated rings. The minimum atomic E-state index is 0.213. The fraction of sp³-hybridized carbons (Fsp3) is 0.476. The summed E-state index contributed by atoms with van der Waals surface area (Å²) in [4.78, 5) is 0. The van der Waals surface area contributed by atoms with Gasteiger partial charge in [-0.15, -0.1) is 0 Å². The molecule has 22 heavy (non-hydrogen) atoms. The molecule has 1 aliphatic carbocycles. The standard InChI is InChI=1S/C21H28N/c1-14-8-9-16(15(2)12-14)19-18-17(10-11-22(19)7)20(3,4)13-21(18,5)6/h8-12H,13H2,1-7H3/q+1. The average molecular weight is 294 g/mol. The second kappa shape index (κ2) is 4.68. The summed E-state index contributed by atoms with van der Waals surface area (Å²) in [5, 5.41) is 0. The normalized spacial score (nSPS) is 18.3. The van der Waals surface area contributed by atoms with Gasteiger partial charge in [-0.2, -0.15) is 0 Å². The van der Waals surface area contributed by atoms with Gasteiger partial charge in [-0.3, -0.25) is 0 Å². The van der Waals surface area contributed by atoms with Crippen molar-refractivity contribution in [3.8, 4) is 11.3 Å². The lowest BCUT2D eigenvalue weighted by Gasteiger charge is -2.22. The first kappa shape index (κ1) is 15.3. The molecule has 1 nitrogen and oxygen atoms in total. The van der Waals surface area contributed by atoms with Crippen LogP contribution in [-0.4, -0.2) is 0 Å². The van der Waals surface area contributed by atoms with E-state index in [-0.39, 0.29) is 10.8 Å². The van der Waals surface area contributed by atoms with Crippen molar-refractivity contribution in [1.29, 1.82) is 0 Å². The molecule has 0 atom stereocenters. The molecule has 1 aromatic carbocycles. The minimum absolute atomic E-state index is 0.213. The zero-order valence-electron chi connectivity index (χ0n) is 15.0. The lowest BCUT2D eigenvalue weighted by molar-refractivity contribution is -0.660. The number of hydrogen-bond acceptors (Lipinski definition) is 0. The highest BCUT2D eigenvalue weighted by atomic mass is 14.9. The first-order valence-corrected chi connectivity index (χ1v) is 8.25. The van der Waals surface area contributed by atoms with E-state index >= 15 is 0 Å². The maximum absolute atomic E-state index is 2.40. The van der Waals surface area contributed by atoms with Crippen molar-refractivity contribution in [3.63, 3.8) is 0 Å². The summed E-state index contributed by atoms with van der Waals surface area (Å²) in [5.41, 5.74) is 8.98. The van der Waals surface area contributed by atoms with Crippen LogP contribution in [0.15, 0.2) is 30.5 Å². The third-order valence-corrected chi connectivity index (χ3v) is 5.25. The van der Waals surface area contributed by atoms with Crippen LogP contribution >= 0.6 is 0 Å². The third kappa shape index (κ3) is 2.18. The number of hydrogen-bond donors (Lipinski definition) is 0. The molecule has 0 radical (unpaired) electrons. The van der Waals surface area contributed by atoms with E-state index in [1.807, 2.05) is 0 Å². The van der Waals surface area contributed by atoms with Crippen LogP contribution in [0.3, 0.4) is 0 Å². The Balaban J connectivity index is 2.37. The topological polar surface area (TPSA) is 3.88 Å². The largest absolute Gasteiger partial charge is 0.216 e. The number of fused-ring (bicyclic) bond motifs is 1. The molecule has 1 aromatic heterocycles. The van der Waals surface area contributed by atoms with Gasteiger partial charge in [-0.25, -0.2) is 4.57 Å². The summed E-state index contributed by atoms with van der Waals surface area (Å²) < 4.78 is 2.31. The molecule has 0 saturated heterocycles. The van der Waals surface area contributed by atoms with Gasteiger partial charge in [0.05, 0.1) is 0 Å². The molecule has 0 amide bonds. The van der Waals surface area contributed by atoms with Crippen molar-refractivity contribution in [1.82, 2.24) is 0 Å². The molecule has 2 aromatic rings. The summed E-state index contributed by atoms with van der Waals surface area (Å²) in [7, 11) is 2.18. The molecule has 3 rings (SSSR count). The highest BCUT2D eigenvalue weighted by molar-refractivity contribution is 5.69. The number of benzene rings is 1. The number of rotatable bonds is 1. The smallest absolute Gasteiger partial charge is 0.201 e. The number of pyridine rings is 1. The van der Waals surface area contributed by atoms with E-state index < -0.39 is 0 Å². The Morgan fingerprint density at radius 3 is 2.27 bits per heavy atom. The van der Waals surface area contributed by atoms with Gasteiger partial charge in [0.25, 0.3) is 0 Å². The van der Waals surface area contributed by atoms with Crippen molar-refractivity contribution in [3.05, 3.63) is 52.7 Å². The minimum Gasteiger partial charge on any atom is -0.201 e. The van der Waals surface area contributed by atoms with Gasteiger partial charge in [0.1, 0.15) is 7.05 Å². The summed E-state index contributed by atoms with van der Waals surface area (Å²) >= 11 is 0. The van der Waals surface area contributed by atoms with E-state index in [1.54, 1.807) is 0 Å². The molecule has 0 saturated carbocycles. The lowest BCUT2D eigenvalue weighted by atomic mass is 9.81. The first-order valence-electron chi connectivity index (χ1n) is 8.25. The van der Waals surface area contributed by atoms with Gasteiger partial charge in [-0.1, -0.05) is 45.4 Å². The van der Waals surface area contributed by atoms with Crippen molar-refractivity contribution >= 4 is 0 Å². The maximum Gasteiger partial charge on any atom is 0.216 e. The molecule has 0 aliphatic heterocycles. The molecule has 1 aliphatic rings. The predicted octanol–water partition coefficient (Wildman–Crippen LogP) is 4.75. The lowest BCUT2D eigenvalue weighted by Crippen LogP contribution is -2.34. The molecule has 0 spiro atoms. The Morgan fingerprint density at radius 2 is 1.64 bits per heavy atom. The van der Waals surface area contributed by atoms with Crippen molar-refractivity contribution in [2.45, 2.75) is 58.8 Å². The summed E-state index contributed by atoms with van der Waals surface area (Å²) in [6, 6.07) is 9.15. The van der Waals surface area contributed by atoms with Crippen LogP contribution in [-0.2, 0) is 17.9 Å². The first-order chi connectivity index (χ1) is 10.1. The van der Waals surface area contributed by atoms with Gasteiger partial charge < -0.3 is 0 Å². The Labute approximate surface area is 135 Å². The Bertz CT molecular complexity index is 751. The number of aryl methyl sites for hydroxylation is 3. The van der Waals surface area contributed by atoms with Gasteiger partial charge in [0, 0.05) is 17.2 Å². The van der Waals surface area contributed by atoms with Gasteiger partial charge in [0.15, 0.2) is 6.20 Å². The second-order valence-corrected chi connectivity index (χ2v) is 8.33. The zero-order chi connectivity index (χ0) is 16.3. The molecule has 1 heteroatoms. The maximum atomic E-state index is 2.40. The quantitative estimate of drug-likeness (QED) is 0.668. The average Bonchev–Trinajstić information content (AvgIpc) is 2.56. The highest BCUT2D eigenvalue weighted by Crippen LogP contribution is 2.51. The van der Waals surface area contributed by atoms with Gasteiger partial charge in [0.2, 0.25) is 5.69 Å². The fourth-order valence-electron chi connectivity index (χ4n) is 4.59. The van der Waals surface area contributed by atoms with E-state index in [2.05, 4.69) is 83.6 Å².